The number of amides is 12. The van der Waals surface area contributed by atoms with E-state index in [9.17, 15) is 103 Å². The molecular weight excluding hydrogens is 1350 g/mol. The van der Waals surface area contributed by atoms with Crippen molar-refractivity contribution in [1.29, 1.82) is 0 Å². The Bertz CT molecular complexity index is 3470. The van der Waals surface area contributed by atoms with Crippen LogP contribution in [0.4, 0.5) is 0 Å². The molecule has 0 aliphatic carbocycles. The second kappa shape index (κ2) is 41.2. The normalized spacial score (nSPS) is 16.1. The molecule has 34 heteroatoms. The number of carboxylic acid groups (broad SMARTS) is 3. The van der Waals surface area contributed by atoms with Crippen LogP contribution in [-0.2, 0) is 91.2 Å². The molecule has 0 saturated carbocycles. The van der Waals surface area contributed by atoms with Gasteiger partial charge in [-0.25, -0.2) is 0 Å². The van der Waals surface area contributed by atoms with Crippen LogP contribution in [0.25, 0.3) is 0 Å². The first-order valence-electron chi connectivity index (χ1n) is 33.8. The van der Waals surface area contributed by atoms with E-state index in [1.165, 1.54) is 60.4 Å². The Morgan fingerprint density at radius 1 is 0.476 bits per heavy atom. The van der Waals surface area contributed by atoms with Gasteiger partial charge in [-0.2, -0.15) is 0 Å². The van der Waals surface area contributed by atoms with Crippen molar-refractivity contribution in [2.75, 3.05) is 13.1 Å². The molecule has 20 N–H and O–H groups in total. The molecule has 0 radical (unpaired) electrons. The number of hydrogen-bond donors (Lipinski definition) is 18. The molecule has 34 nitrogen and oxygen atoms in total. The fourth-order valence-corrected chi connectivity index (χ4v) is 11.0. The van der Waals surface area contributed by atoms with Gasteiger partial charge in [0.1, 0.15) is 71.9 Å². The minimum Gasteiger partial charge on any atom is -0.508 e. The predicted octanol–water partition coefficient (Wildman–Crippen LogP) is -2.26. The predicted molar refractivity (Wildman–Crippen MR) is 367 cm³/mol. The van der Waals surface area contributed by atoms with Crippen molar-refractivity contribution in [1.82, 2.24) is 58.1 Å². The molecule has 4 rings (SSSR count). The summed E-state index contributed by atoms with van der Waals surface area (Å²) in [5.41, 5.74) is 12.7. The van der Waals surface area contributed by atoms with Crippen LogP contribution in [0, 0.1) is 17.8 Å². The molecule has 1 aliphatic heterocycles. The summed E-state index contributed by atoms with van der Waals surface area (Å²) < 4.78 is 0. The number of likely N-dealkylation sites (tertiary alicyclic amines) is 1. The van der Waals surface area contributed by atoms with Crippen LogP contribution in [-0.4, -0.2) is 210 Å². The van der Waals surface area contributed by atoms with E-state index in [1.54, 1.807) is 71.9 Å². The van der Waals surface area contributed by atoms with E-state index < -0.39 is 212 Å². The maximum absolute atomic E-state index is 14.5. The van der Waals surface area contributed by atoms with Crippen molar-refractivity contribution in [3.63, 3.8) is 0 Å². The van der Waals surface area contributed by atoms with E-state index in [4.69, 9.17) is 11.5 Å². The lowest BCUT2D eigenvalue weighted by Crippen LogP contribution is -2.62. The molecule has 564 valence electrons. The Morgan fingerprint density at radius 2 is 0.854 bits per heavy atom. The van der Waals surface area contributed by atoms with Crippen LogP contribution >= 0.6 is 0 Å². The van der Waals surface area contributed by atoms with E-state index in [1.807, 2.05) is 0 Å². The quantitative estimate of drug-likeness (QED) is 0.0285. The number of carbonyl (C=O) groups is 15. The van der Waals surface area contributed by atoms with Crippen LogP contribution in [0.5, 0.6) is 11.5 Å². The molecule has 0 aromatic heterocycles. The number of carboxylic acids is 3. The minimum atomic E-state index is -2.07. The van der Waals surface area contributed by atoms with Gasteiger partial charge < -0.3 is 100 Å². The van der Waals surface area contributed by atoms with E-state index >= 15 is 0 Å². The number of phenols is 2. The Hall–Kier alpha value is -10.8. The minimum absolute atomic E-state index is 0.133. The highest BCUT2D eigenvalue weighted by Gasteiger charge is 2.39. The van der Waals surface area contributed by atoms with Crippen LogP contribution in [0.1, 0.15) is 123 Å². The fourth-order valence-electron chi connectivity index (χ4n) is 11.0. The number of hydrogen-bond acceptors (Lipinski definition) is 19. The summed E-state index contributed by atoms with van der Waals surface area (Å²) in [5.74, 6) is -18.7. The third-order valence-electron chi connectivity index (χ3n) is 16.9. The summed E-state index contributed by atoms with van der Waals surface area (Å²) in [6, 6.07) is 1.16. The van der Waals surface area contributed by atoms with Gasteiger partial charge in [0.15, 0.2) is 0 Å². The molecule has 13 atom stereocenters. The molecule has 1 fully saturated rings. The first kappa shape index (κ1) is 84.6. The van der Waals surface area contributed by atoms with Crippen LogP contribution in [0.3, 0.4) is 0 Å². The topological polar surface area (TPSA) is 553 Å². The molecule has 1 aliphatic rings. The van der Waals surface area contributed by atoms with Crippen LogP contribution < -0.4 is 64.6 Å². The molecule has 1 heterocycles. The van der Waals surface area contributed by atoms with E-state index in [0.29, 0.717) is 36.0 Å². The second-order valence-corrected chi connectivity index (χ2v) is 26.3. The highest BCUT2D eigenvalue weighted by molar-refractivity contribution is 6.00. The van der Waals surface area contributed by atoms with Gasteiger partial charge in [-0.05, 0) is 97.7 Å². The largest absolute Gasteiger partial charge is 0.508 e. The van der Waals surface area contributed by atoms with E-state index in [2.05, 4.69) is 53.2 Å². The van der Waals surface area contributed by atoms with Crippen molar-refractivity contribution in [3.05, 3.63) is 95.6 Å². The van der Waals surface area contributed by atoms with Crippen molar-refractivity contribution >= 4 is 88.8 Å². The van der Waals surface area contributed by atoms with Crippen LogP contribution in [0.2, 0.25) is 0 Å². The first-order chi connectivity index (χ1) is 48.5. The van der Waals surface area contributed by atoms with E-state index in [-0.39, 0.29) is 49.6 Å². The van der Waals surface area contributed by atoms with Gasteiger partial charge in [-0.3, -0.25) is 71.9 Å². The monoisotopic (exact) mass is 1440 g/mol. The zero-order valence-corrected chi connectivity index (χ0v) is 58.5. The zero-order chi connectivity index (χ0) is 76.9. The van der Waals surface area contributed by atoms with Gasteiger partial charge in [-0.15, -0.1) is 0 Å². The number of aliphatic hydroxyl groups excluding tert-OH is 1. The second-order valence-electron chi connectivity index (χ2n) is 26.3. The Labute approximate surface area is 594 Å². The number of rotatable bonds is 42. The van der Waals surface area contributed by atoms with Crippen molar-refractivity contribution in [2.45, 2.75) is 198 Å². The number of nitrogens with one attached hydrogen (secondary N) is 10. The number of aromatic hydroxyl groups is 2. The molecule has 3 aromatic rings. The maximum Gasteiger partial charge on any atom is 0.305 e. The third kappa shape index (κ3) is 28.6. The summed E-state index contributed by atoms with van der Waals surface area (Å²) in [6.45, 7) is 10.8. The Kier molecular flexibility index (Phi) is 33.9. The zero-order valence-electron chi connectivity index (χ0n) is 58.5. The van der Waals surface area contributed by atoms with Gasteiger partial charge in [-0.1, -0.05) is 103 Å². The summed E-state index contributed by atoms with van der Waals surface area (Å²) >= 11 is 0. The molecule has 12 amide bonds. The maximum atomic E-state index is 14.5. The molecule has 103 heavy (non-hydrogen) atoms. The lowest BCUT2D eigenvalue weighted by molar-refractivity contribution is -0.142. The summed E-state index contributed by atoms with van der Waals surface area (Å²) in [7, 11) is 0. The molecule has 0 unspecified atom stereocenters. The number of nitrogens with two attached hydrogens (primary N) is 2. The first-order valence-corrected chi connectivity index (χ1v) is 33.8. The standard InChI is InChI=1S/C69H97N13O21/c1-8-37(6)57(70)68(102)81-58(38(7)83)69(103)80-49(29-39-13-10-9-11-14-39)64(98)73-44(24-25-54(87)88)61(95)78-50(32-55(89)90)66(100)75-45(27-35(2)3)62(96)74-46(28-36(4)5)63(97)79-51(33-56(91)92)67(101)77-48(31-41-18-22-43(85)23-19-41)65(99)76-47(30-40-16-20-42(84)21-17-40)60(94)72-34-53(86)82-26-12-15-52(82)59(71)93/h9-11,13-14,16-23,35-38,44-52,57-58,83-85H,8,12,15,24-34,70H2,1-7H3,(H2,71,93)(H,72,94)(H,73,98)(H,74,96)(H,75,100)(H,76,99)(H,77,101)(H,78,95)(H,79,97)(H,80,103)(H,81,102)(H,87,88)(H,89,90)(H,91,92)/t37-,38+,44-,45-,46-,47-,48-,49-,50-,51-,52-,57-,58-/m0/s1. The average molecular weight is 1440 g/mol. The van der Waals surface area contributed by atoms with Gasteiger partial charge >= 0.3 is 17.9 Å². The number of benzene rings is 3. The number of primary amides is 1. The Balaban J connectivity index is 1.62. The van der Waals surface area contributed by atoms with Gasteiger partial charge in [0.25, 0.3) is 0 Å². The number of phenolic OH excluding ortho intramolecular Hbond substituents is 2. The lowest BCUT2D eigenvalue weighted by Gasteiger charge is -2.29. The van der Waals surface area contributed by atoms with Crippen molar-refractivity contribution in [3.8, 4) is 11.5 Å². The fraction of sp³-hybridized carbons (Fsp3) is 0.522. The number of aliphatic hydroxyl groups is 1. The summed E-state index contributed by atoms with van der Waals surface area (Å²) in [5, 5.41) is 84.7. The van der Waals surface area contributed by atoms with Crippen molar-refractivity contribution in [2.24, 2.45) is 29.2 Å². The number of nitrogens with zero attached hydrogens (tertiary/aromatic N) is 1. The molecule has 0 bridgehead atoms. The van der Waals surface area contributed by atoms with E-state index in [0.717, 1.165) is 0 Å². The SMILES string of the molecule is CC[C@H](C)[C@H](N)C(=O)N[C@H](C(=O)N[C@@H](Cc1ccccc1)C(=O)N[C@@H](CCC(=O)O)C(=O)N[C@@H](CC(=O)O)C(=O)N[C@@H](CC(C)C)C(=O)N[C@@H](CC(C)C)C(=O)N[C@@H](CC(=O)O)C(=O)N[C@@H](Cc1ccc(O)cc1)C(=O)N[C@@H](Cc1ccc(O)cc1)C(=O)NCC(=O)N1CCC[C@H]1C(N)=O)[C@@H](C)O. The molecule has 3 aromatic carbocycles. The number of carbonyl (C=O) groups excluding carboxylic acids is 12. The lowest BCUT2D eigenvalue weighted by atomic mass is 9.98. The van der Waals surface area contributed by atoms with Crippen molar-refractivity contribution < 1.29 is 103 Å². The van der Waals surface area contributed by atoms with Gasteiger partial charge in [0.05, 0.1) is 31.5 Å². The summed E-state index contributed by atoms with van der Waals surface area (Å²) in [4.78, 5) is 205. The number of aliphatic carboxylic acids is 3. The van der Waals surface area contributed by atoms with Crippen LogP contribution in [0.15, 0.2) is 78.9 Å². The molecular formula is C69H97N13O21. The van der Waals surface area contributed by atoms with Gasteiger partial charge in [0, 0.05) is 32.2 Å². The smallest absolute Gasteiger partial charge is 0.305 e. The Morgan fingerprint density at radius 3 is 1.26 bits per heavy atom. The summed E-state index contributed by atoms with van der Waals surface area (Å²) in [6.07, 6.45) is -5.44. The highest BCUT2D eigenvalue weighted by atomic mass is 16.4. The average Bonchev–Trinajstić information content (AvgIpc) is 0.998. The third-order valence-corrected chi connectivity index (χ3v) is 16.9. The highest BCUT2D eigenvalue weighted by Crippen LogP contribution is 2.19. The molecule has 1 saturated heterocycles. The molecule has 0 spiro atoms. The van der Waals surface area contributed by atoms with Gasteiger partial charge in [0.2, 0.25) is 70.9 Å².